The highest BCUT2D eigenvalue weighted by Gasteiger charge is 2.33. The Kier molecular flexibility index (Phi) is 4.96. The van der Waals surface area contributed by atoms with Gasteiger partial charge in [0.15, 0.2) is 11.6 Å². The Hall–Kier alpha value is -1.88. The third kappa shape index (κ3) is 3.82. The molecule has 1 fully saturated rings. The Morgan fingerprint density at radius 2 is 2.19 bits per heavy atom. The molecular formula is C16H20FNO3. The predicted octanol–water partition coefficient (Wildman–Crippen LogP) is 2.27. The minimum absolute atomic E-state index is 0.0518. The number of ether oxygens (including phenoxy) is 1. The molecule has 0 spiro atoms. The van der Waals surface area contributed by atoms with Gasteiger partial charge in [0.2, 0.25) is 5.91 Å². The number of benzene rings is 1. The van der Waals surface area contributed by atoms with Crippen molar-refractivity contribution >= 4 is 12.0 Å². The molecule has 0 radical (unpaired) electrons. The van der Waals surface area contributed by atoms with Crippen LogP contribution in [0.25, 0.3) is 6.08 Å². The molecule has 0 saturated heterocycles. The van der Waals surface area contributed by atoms with E-state index in [-0.39, 0.29) is 18.3 Å². The van der Waals surface area contributed by atoms with Gasteiger partial charge in [0.1, 0.15) is 0 Å². The molecule has 1 amide bonds. The fraction of sp³-hybridized carbons (Fsp3) is 0.438. The molecule has 0 bridgehead atoms. The number of hydrogen-bond donors (Lipinski definition) is 2. The normalized spacial score (nSPS) is 17.1. The maximum absolute atomic E-state index is 13.5. The molecule has 0 aromatic heterocycles. The highest BCUT2D eigenvalue weighted by molar-refractivity contribution is 5.92. The summed E-state index contributed by atoms with van der Waals surface area (Å²) in [5.74, 6) is -0.577. The third-order valence-electron chi connectivity index (χ3n) is 3.85. The first-order chi connectivity index (χ1) is 10.1. The van der Waals surface area contributed by atoms with E-state index in [1.54, 1.807) is 6.07 Å². The molecule has 4 nitrogen and oxygen atoms in total. The summed E-state index contributed by atoms with van der Waals surface area (Å²) >= 11 is 0. The number of carbonyl (C=O) groups excluding carboxylic acids is 1. The first-order valence-corrected chi connectivity index (χ1v) is 7.03. The van der Waals surface area contributed by atoms with Crippen LogP contribution in [0, 0.1) is 5.82 Å². The zero-order chi connectivity index (χ0) is 15.3. The first kappa shape index (κ1) is 15.5. The van der Waals surface area contributed by atoms with Crippen LogP contribution in [0.5, 0.6) is 5.75 Å². The summed E-state index contributed by atoms with van der Waals surface area (Å²) in [5, 5.41) is 12.3. The van der Waals surface area contributed by atoms with E-state index in [9.17, 15) is 14.3 Å². The number of methoxy groups -OCH3 is 1. The van der Waals surface area contributed by atoms with Crippen LogP contribution >= 0.6 is 0 Å². The summed E-state index contributed by atoms with van der Waals surface area (Å²) < 4.78 is 18.4. The van der Waals surface area contributed by atoms with Gasteiger partial charge in [-0.15, -0.1) is 0 Å². The smallest absolute Gasteiger partial charge is 0.244 e. The standard InChI is InChI=1S/C16H20FNO3/c1-21-14-6-4-12(10-13(14)17)5-7-15(20)18-16(11-19)8-2-3-9-16/h4-7,10,19H,2-3,8-9,11H2,1H3,(H,18,20). The number of aliphatic hydroxyl groups is 1. The zero-order valence-corrected chi connectivity index (χ0v) is 12.1. The van der Waals surface area contributed by atoms with E-state index in [2.05, 4.69) is 5.32 Å². The maximum Gasteiger partial charge on any atom is 0.244 e. The second-order valence-corrected chi connectivity index (χ2v) is 5.36. The Morgan fingerprint density at radius 1 is 1.48 bits per heavy atom. The van der Waals surface area contributed by atoms with E-state index in [1.165, 1.54) is 31.4 Å². The van der Waals surface area contributed by atoms with Gasteiger partial charge < -0.3 is 15.2 Å². The first-order valence-electron chi connectivity index (χ1n) is 7.03. The van der Waals surface area contributed by atoms with Gasteiger partial charge in [0.05, 0.1) is 19.3 Å². The van der Waals surface area contributed by atoms with Crippen molar-refractivity contribution in [1.82, 2.24) is 5.32 Å². The van der Waals surface area contributed by atoms with Gasteiger partial charge >= 0.3 is 0 Å². The molecule has 1 aliphatic carbocycles. The topological polar surface area (TPSA) is 58.6 Å². The molecule has 1 aliphatic rings. The summed E-state index contributed by atoms with van der Waals surface area (Å²) in [5.41, 5.74) is 0.0833. The highest BCUT2D eigenvalue weighted by Crippen LogP contribution is 2.29. The van der Waals surface area contributed by atoms with Gasteiger partial charge in [-0.1, -0.05) is 18.9 Å². The van der Waals surface area contributed by atoms with Crippen molar-refractivity contribution in [1.29, 1.82) is 0 Å². The number of aliphatic hydroxyl groups excluding tert-OH is 1. The Balaban J connectivity index is 2.00. The summed E-state index contributed by atoms with van der Waals surface area (Å²) in [7, 11) is 1.40. The van der Waals surface area contributed by atoms with E-state index in [0.29, 0.717) is 5.56 Å². The number of carbonyl (C=O) groups is 1. The van der Waals surface area contributed by atoms with Gasteiger partial charge in [-0.25, -0.2) is 4.39 Å². The maximum atomic E-state index is 13.5. The van der Waals surface area contributed by atoms with Crippen LogP contribution < -0.4 is 10.1 Å². The molecule has 21 heavy (non-hydrogen) atoms. The second-order valence-electron chi connectivity index (χ2n) is 5.36. The van der Waals surface area contributed by atoms with Gasteiger partial charge in [-0.05, 0) is 36.6 Å². The molecule has 1 saturated carbocycles. The lowest BCUT2D eigenvalue weighted by Gasteiger charge is -2.27. The molecule has 2 rings (SSSR count). The SMILES string of the molecule is COc1ccc(C=CC(=O)NC2(CO)CCCC2)cc1F. The average Bonchev–Trinajstić information content (AvgIpc) is 2.94. The molecule has 1 aromatic carbocycles. The number of amides is 1. The predicted molar refractivity (Wildman–Crippen MR) is 78.4 cm³/mol. The summed E-state index contributed by atoms with van der Waals surface area (Å²) in [6.07, 6.45) is 6.50. The largest absolute Gasteiger partial charge is 0.494 e. The molecular weight excluding hydrogens is 273 g/mol. The Bertz CT molecular complexity index is 536. The molecule has 0 heterocycles. The van der Waals surface area contributed by atoms with Gasteiger partial charge in [0.25, 0.3) is 0 Å². The quantitative estimate of drug-likeness (QED) is 0.819. The highest BCUT2D eigenvalue weighted by atomic mass is 19.1. The fourth-order valence-corrected chi connectivity index (χ4v) is 2.64. The number of nitrogens with one attached hydrogen (secondary N) is 1. The van der Waals surface area contributed by atoms with E-state index < -0.39 is 11.4 Å². The fourth-order valence-electron chi connectivity index (χ4n) is 2.64. The average molecular weight is 293 g/mol. The minimum Gasteiger partial charge on any atom is -0.494 e. The van der Waals surface area contributed by atoms with E-state index in [4.69, 9.17) is 4.74 Å². The van der Waals surface area contributed by atoms with E-state index in [1.807, 2.05) is 0 Å². The lowest BCUT2D eigenvalue weighted by molar-refractivity contribution is -0.118. The van der Waals surface area contributed by atoms with Crippen molar-refractivity contribution in [2.24, 2.45) is 0 Å². The van der Waals surface area contributed by atoms with Crippen LogP contribution in [0.2, 0.25) is 0 Å². The van der Waals surface area contributed by atoms with Gasteiger partial charge in [0, 0.05) is 6.08 Å². The summed E-state index contributed by atoms with van der Waals surface area (Å²) in [6.45, 7) is -0.0518. The number of rotatable bonds is 5. The van der Waals surface area contributed by atoms with Crippen molar-refractivity contribution in [2.75, 3.05) is 13.7 Å². The monoisotopic (exact) mass is 293 g/mol. The summed E-state index contributed by atoms with van der Waals surface area (Å²) in [6, 6.07) is 4.49. The van der Waals surface area contributed by atoms with E-state index in [0.717, 1.165) is 25.7 Å². The van der Waals surface area contributed by atoms with Crippen molar-refractivity contribution in [2.45, 2.75) is 31.2 Å². The lowest BCUT2D eigenvalue weighted by Crippen LogP contribution is -2.48. The van der Waals surface area contributed by atoms with Crippen LogP contribution in [-0.4, -0.2) is 30.3 Å². The molecule has 0 atom stereocenters. The molecule has 1 aromatic rings. The van der Waals surface area contributed by atoms with Gasteiger partial charge in [-0.2, -0.15) is 0 Å². The Morgan fingerprint density at radius 3 is 2.76 bits per heavy atom. The van der Waals surface area contributed by atoms with Crippen molar-refractivity contribution in [3.05, 3.63) is 35.7 Å². The van der Waals surface area contributed by atoms with Crippen LogP contribution in [0.1, 0.15) is 31.2 Å². The molecule has 5 heteroatoms. The van der Waals surface area contributed by atoms with Crippen molar-refractivity contribution in [3.8, 4) is 5.75 Å². The lowest BCUT2D eigenvalue weighted by atomic mass is 9.99. The van der Waals surface area contributed by atoms with Crippen LogP contribution in [-0.2, 0) is 4.79 Å². The molecule has 0 unspecified atom stereocenters. The number of hydrogen-bond acceptors (Lipinski definition) is 3. The van der Waals surface area contributed by atoms with E-state index >= 15 is 0 Å². The third-order valence-corrected chi connectivity index (χ3v) is 3.85. The van der Waals surface area contributed by atoms with Crippen LogP contribution in [0.4, 0.5) is 4.39 Å². The molecule has 2 N–H and O–H groups in total. The summed E-state index contributed by atoms with van der Waals surface area (Å²) in [4.78, 5) is 11.9. The minimum atomic E-state index is -0.493. The zero-order valence-electron chi connectivity index (χ0n) is 12.1. The second kappa shape index (κ2) is 6.72. The molecule has 0 aliphatic heterocycles. The van der Waals surface area contributed by atoms with Crippen LogP contribution in [0.15, 0.2) is 24.3 Å². The van der Waals surface area contributed by atoms with Crippen molar-refractivity contribution in [3.63, 3.8) is 0 Å². The molecule has 114 valence electrons. The Labute approximate surface area is 123 Å². The number of halogens is 1. The van der Waals surface area contributed by atoms with Crippen molar-refractivity contribution < 1.29 is 19.0 Å². The van der Waals surface area contributed by atoms with Gasteiger partial charge in [-0.3, -0.25) is 4.79 Å². The van der Waals surface area contributed by atoms with Crippen LogP contribution in [0.3, 0.4) is 0 Å².